The third-order valence-corrected chi connectivity index (χ3v) is 4.17. The molecule has 0 heterocycles. The molecule has 0 bridgehead atoms. The summed E-state index contributed by atoms with van der Waals surface area (Å²) in [5.74, 6) is 1.56. The van der Waals surface area contributed by atoms with Gasteiger partial charge in [-0.1, -0.05) is 24.3 Å². The smallest absolute Gasteiger partial charge is 0.175 e. The van der Waals surface area contributed by atoms with E-state index >= 15 is 0 Å². The van der Waals surface area contributed by atoms with Crippen molar-refractivity contribution in [1.82, 2.24) is 0 Å². The van der Waals surface area contributed by atoms with Crippen LogP contribution in [-0.4, -0.2) is 18.8 Å². The summed E-state index contributed by atoms with van der Waals surface area (Å²) in [5.41, 5.74) is 3.58. The normalized spacial score (nSPS) is 10.1. The molecule has 3 aromatic carbocycles. The quantitative estimate of drug-likeness (QED) is 0.451. The number of anilines is 4. The van der Waals surface area contributed by atoms with Gasteiger partial charge in [0.15, 0.2) is 5.11 Å². The highest BCUT2D eigenvalue weighted by molar-refractivity contribution is 7.80. The molecule has 3 N–H and O–H groups in total. The van der Waals surface area contributed by atoms with Gasteiger partial charge in [-0.25, -0.2) is 0 Å². The minimum absolute atomic E-state index is 0.498. The summed E-state index contributed by atoms with van der Waals surface area (Å²) in [6, 6.07) is 23.4. The highest BCUT2D eigenvalue weighted by Crippen LogP contribution is 2.28. The molecule has 6 heteroatoms. The molecule has 3 aromatic rings. The van der Waals surface area contributed by atoms with Crippen LogP contribution in [-0.2, 0) is 0 Å². The van der Waals surface area contributed by atoms with E-state index in [-0.39, 0.29) is 0 Å². The fourth-order valence-corrected chi connectivity index (χ4v) is 2.90. The molecular formula is C22H23N3O2S. The van der Waals surface area contributed by atoms with E-state index in [0.717, 1.165) is 34.2 Å². The van der Waals surface area contributed by atoms with Gasteiger partial charge < -0.3 is 25.4 Å². The van der Waals surface area contributed by atoms with Crippen molar-refractivity contribution >= 4 is 40.1 Å². The number of para-hydroxylation sites is 4. The lowest BCUT2D eigenvalue weighted by molar-refractivity contribution is 0.342. The van der Waals surface area contributed by atoms with E-state index in [1.165, 1.54) is 0 Å². The third-order valence-electron chi connectivity index (χ3n) is 3.96. The molecule has 0 amide bonds. The van der Waals surface area contributed by atoms with Crippen LogP contribution in [0.25, 0.3) is 0 Å². The van der Waals surface area contributed by atoms with E-state index in [1.807, 2.05) is 79.7 Å². The minimum Gasteiger partial charge on any atom is -0.495 e. The van der Waals surface area contributed by atoms with E-state index in [1.54, 1.807) is 7.11 Å². The zero-order chi connectivity index (χ0) is 19.8. The summed E-state index contributed by atoms with van der Waals surface area (Å²) in [6.45, 7) is 2.55. The Bertz CT molecular complexity index is 929. The third kappa shape index (κ3) is 5.14. The molecule has 28 heavy (non-hydrogen) atoms. The molecule has 5 nitrogen and oxygen atoms in total. The number of methoxy groups -OCH3 is 1. The molecule has 0 saturated heterocycles. The number of thiocarbonyl (C=S) groups is 1. The van der Waals surface area contributed by atoms with Crippen molar-refractivity contribution in [3.63, 3.8) is 0 Å². The first-order valence-electron chi connectivity index (χ1n) is 8.99. The van der Waals surface area contributed by atoms with Crippen molar-refractivity contribution in [1.29, 1.82) is 0 Å². The highest BCUT2D eigenvalue weighted by atomic mass is 32.1. The van der Waals surface area contributed by atoms with Gasteiger partial charge >= 0.3 is 0 Å². The van der Waals surface area contributed by atoms with E-state index in [9.17, 15) is 0 Å². The molecule has 0 aliphatic heterocycles. The summed E-state index contributed by atoms with van der Waals surface area (Å²) in [6.07, 6.45) is 0. The average Bonchev–Trinajstić information content (AvgIpc) is 2.71. The van der Waals surface area contributed by atoms with Crippen LogP contribution in [0, 0.1) is 0 Å². The Kier molecular flexibility index (Phi) is 6.70. The molecule has 0 radical (unpaired) electrons. The summed E-state index contributed by atoms with van der Waals surface area (Å²) < 4.78 is 11.0. The number of hydrogen-bond donors (Lipinski definition) is 3. The zero-order valence-electron chi connectivity index (χ0n) is 15.9. The van der Waals surface area contributed by atoms with Crippen LogP contribution in [0.5, 0.6) is 11.5 Å². The van der Waals surface area contributed by atoms with Gasteiger partial charge in [0.25, 0.3) is 0 Å². The first kappa shape index (κ1) is 19.5. The lowest BCUT2D eigenvalue weighted by atomic mass is 10.2. The molecule has 0 saturated carbocycles. The lowest BCUT2D eigenvalue weighted by Gasteiger charge is -2.15. The number of nitrogens with one attached hydrogen (secondary N) is 3. The Labute approximate surface area is 170 Å². The molecular weight excluding hydrogens is 370 g/mol. The standard InChI is InChI=1S/C22H23N3O2S/c1-3-27-21-11-7-5-9-19(21)25-22(28)24-17-14-12-16(13-15-17)23-18-8-4-6-10-20(18)26-2/h4-15,23H,3H2,1-2H3,(H2,24,25,28). The number of rotatable bonds is 7. The Balaban J connectivity index is 1.62. The molecule has 3 rings (SSSR count). The van der Waals surface area contributed by atoms with Crippen LogP contribution in [0.3, 0.4) is 0 Å². The second-order valence-corrected chi connectivity index (χ2v) is 6.32. The molecule has 144 valence electrons. The maximum atomic E-state index is 5.61. The maximum Gasteiger partial charge on any atom is 0.175 e. The van der Waals surface area contributed by atoms with Crippen LogP contribution in [0.15, 0.2) is 72.8 Å². The Morgan fingerprint density at radius 1 is 0.786 bits per heavy atom. The highest BCUT2D eigenvalue weighted by Gasteiger charge is 2.06. The van der Waals surface area contributed by atoms with Gasteiger partial charge in [0.05, 0.1) is 25.1 Å². The van der Waals surface area contributed by atoms with E-state index in [4.69, 9.17) is 21.7 Å². The second-order valence-electron chi connectivity index (χ2n) is 5.91. The number of hydrogen-bond acceptors (Lipinski definition) is 4. The van der Waals surface area contributed by atoms with Crippen molar-refractivity contribution < 1.29 is 9.47 Å². The van der Waals surface area contributed by atoms with Crippen LogP contribution < -0.4 is 25.4 Å². The Morgan fingerprint density at radius 3 is 2.07 bits per heavy atom. The van der Waals surface area contributed by atoms with Gasteiger partial charge in [-0.2, -0.15) is 0 Å². The SMILES string of the molecule is CCOc1ccccc1NC(=S)Nc1ccc(Nc2ccccc2OC)cc1. The fourth-order valence-electron chi connectivity index (χ4n) is 2.68. The van der Waals surface area contributed by atoms with Crippen LogP contribution in [0.1, 0.15) is 6.92 Å². The van der Waals surface area contributed by atoms with Crippen molar-refractivity contribution in [2.45, 2.75) is 6.92 Å². The summed E-state index contributed by atoms with van der Waals surface area (Å²) in [4.78, 5) is 0. The number of benzene rings is 3. The summed E-state index contributed by atoms with van der Waals surface area (Å²) in [5, 5.41) is 10.2. The Hall–Kier alpha value is -3.25. The van der Waals surface area contributed by atoms with Gasteiger partial charge in [0.1, 0.15) is 11.5 Å². The van der Waals surface area contributed by atoms with Gasteiger partial charge in [0, 0.05) is 11.4 Å². The van der Waals surface area contributed by atoms with Crippen molar-refractivity contribution in [3.05, 3.63) is 72.8 Å². The molecule has 0 fully saturated rings. The first-order chi connectivity index (χ1) is 13.7. The first-order valence-corrected chi connectivity index (χ1v) is 9.40. The zero-order valence-corrected chi connectivity index (χ0v) is 16.7. The monoisotopic (exact) mass is 393 g/mol. The van der Waals surface area contributed by atoms with Crippen molar-refractivity contribution in [2.75, 3.05) is 29.7 Å². The maximum absolute atomic E-state index is 5.61. The average molecular weight is 394 g/mol. The number of ether oxygens (including phenoxy) is 2. The van der Waals surface area contributed by atoms with Gasteiger partial charge in [-0.15, -0.1) is 0 Å². The predicted molar refractivity (Wildman–Crippen MR) is 120 cm³/mol. The topological polar surface area (TPSA) is 54.5 Å². The predicted octanol–water partition coefficient (Wildman–Crippen LogP) is 5.65. The molecule has 0 atom stereocenters. The molecule has 0 aromatic heterocycles. The van der Waals surface area contributed by atoms with Gasteiger partial charge in [-0.05, 0) is 67.7 Å². The molecule has 0 unspecified atom stereocenters. The Morgan fingerprint density at radius 2 is 1.39 bits per heavy atom. The van der Waals surface area contributed by atoms with E-state index in [0.29, 0.717) is 11.7 Å². The summed E-state index contributed by atoms with van der Waals surface area (Å²) in [7, 11) is 1.66. The second kappa shape index (κ2) is 9.62. The van der Waals surface area contributed by atoms with Crippen LogP contribution >= 0.6 is 12.2 Å². The summed E-state index contributed by atoms with van der Waals surface area (Å²) >= 11 is 5.42. The van der Waals surface area contributed by atoms with Crippen LogP contribution in [0.2, 0.25) is 0 Å². The van der Waals surface area contributed by atoms with E-state index in [2.05, 4.69) is 16.0 Å². The molecule has 0 aliphatic carbocycles. The lowest BCUT2D eigenvalue weighted by Crippen LogP contribution is -2.19. The van der Waals surface area contributed by atoms with Gasteiger partial charge in [0.2, 0.25) is 0 Å². The fraction of sp³-hybridized carbons (Fsp3) is 0.136. The molecule has 0 aliphatic rings. The van der Waals surface area contributed by atoms with Crippen molar-refractivity contribution in [3.8, 4) is 11.5 Å². The van der Waals surface area contributed by atoms with Crippen molar-refractivity contribution in [2.24, 2.45) is 0 Å². The van der Waals surface area contributed by atoms with E-state index < -0.39 is 0 Å². The van der Waals surface area contributed by atoms with Crippen LogP contribution in [0.4, 0.5) is 22.7 Å². The van der Waals surface area contributed by atoms with Gasteiger partial charge in [-0.3, -0.25) is 0 Å². The largest absolute Gasteiger partial charge is 0.495 e. The minimum atomic E-state index is 0.498. The molecule has 0 spiro atoms.